The van der Waals surface area contributed by atoms with Gasteiger partial charge in [0.25, 0.3) is 5.91 Å². The van der Waals surface area contributed by atoms with Gasteiger partial charge < -0.3 is 14.5 Å². The van der Waals surface area contributed by atoms with Gasteiger partial charge in [0.15, 0.2) is 0 Å². The number of aryl methyl sites for hydroxylation is 1. The van der Waals surface area contributed by atoms with Gasteiger partial charge in [-0.05, 0) is 37.5 Å². The SMILES string of the molecule is Cc1oc2cc(OC(=O)CN3C(=O)NC4(CCCC4)C3=O)ccc2c(=O)c1-c1ccccc1. The first-order chi connectivity index (χ1) is 15.9. The molecule has 0 atom stereocenters. The van der Waals surface area contributed by atoms with E-state index in [-0.39, 0.29) is 22.7 Å². The van der Waals surface area contributed by atoms with Crippen LogP contribution in [0.3, 0.4) is 0 Å². The molecule has 33 heavy (non-hydrogen) atoms. The van der Waals surface area contributed by atoms with E-state index in [4.69, 9.17) is 9.15 Å². The lowest BCUT2D eigenvalue weighted by Crippen LogP contribution is -2.44. The van der Waals surface area contributed by atoms with Crippen molar-refractivity contribution < 1.29 is 23.5 Å². The molecule has 1 saturated carbocycles. The van der Waals surface area contributed by atoms with Crippen molar-refractivity contribution in [1.29, 1.82) is 0 Å². The topological polar surface area (TPSA) is 106 Å². The fraction of sp³-hybridized carbons (Fsp3) is 0.280. The van der Waals surface area contributed by atoms with E-state index in [9.17, 15) is 19.2 Å². The van der Waals surface area contributed by atoms with E-state index in [1.54, 1.807) is 6.92 Å². The van der Waals surface area contributed by atoms with Crippen molar-refractivity contribution in [1.82, 2.24) is 10.2 Å². The molecule has 1 aliphatic carbocycles. The number of nitrogens with zero attached hydrogens (tertiary/aromatic N) is 1. The van der Waals surface area contributed by atoms with E-state index in [0.29, 0.717) is 29.6 Å². The summed E-state index contributed by atoms with van der Waals surface area (Å²) in [5.41, 5.74) is 0.459. The van der Waals surface area contributed by atoms with Gasteiger partial charge in [-0.15, -0.1) is 0 Å². The summed E-state index contributed by atoms with van der Waals surface area (Å²) in [6.45, 7) is 1.22. The molecule has 2 heterocycles. The highest BCUT2D eigenvalue weighted by Gasteiger charge is 2.52. The Kier molecular flexibility index (Phi) is 5.00. The zero-order valence-corrected chi connectivity index (χ0v) is 18.1. The predicted octanol–water partition coefficient (Wildman–Crippen LogP) is 3.54. The number of esters is 1. The number of benzene rings is 2. The number of hydrogen-bond acceptors (Lipinski definition) is 6. The molecule has 8 nitrogen and oxygen atoms in total. The summed E-state index contributed by atoms with van der Waals surface area (Å²) in [5, 5.41) is 3.09. The fourth-order valence-corrected chi connectivity index (χ4v) is 4.72. The molecule has 2 aromatic carbocycles. The lowest BCUT2D eigenvalue weighted by Gasteiger charge is -2.19. The third kappa shape index (κ3) is 3.57. The Morgan fingerprint density at radius 3 is 2.55 bits per heavy atom. The van der Waals surface area contributed by atoms with Crippen molar-refractivity contribution in [3.63, 3.8) is 0 Å². The summed E-state index contributed by atoms with van der Waals surface area (Å²) >= 11 is 0. The van der Waals surface area contributed by atoms with Crippen LogP contribution in [0.4, 0.5) is 4.79 Å². The largest absolute Gasteiger partial charge is 0.460 e. The van der Waals surface area contributed by atoms with Gasteiger partial charge in [-0.1, -0.05) is 43.2 Å². The quantitative estimate of drug-likeness (QED) is 0.373. The summed E-state index contributed by atoms with van der Waals surface area (Å²) < 4.78 is 11.2. The van der Waals surface area contributed by atoms with E-state index in [0.717, 1.165) is 23.3 Å². The van der Waals surface area contributed by atoms with Gasteiger partial charge in [-0.2, -0.15) is 0 Å². The van der Waals surface area contributed by atoms with Crippen molar-refractivity contribution in [3.05, 3.63) is 64.5 Å². The summed E-state index contributed by atoms with van der Waals surface area (Å²) in [7, 11) is 0. The minimum atomic E-state index is -0.877. The second-order valence-electron chi connectivity index (χ2n) is 8.47. The Hall–Kier alpha value is -3.94. The van der Waals surface area contributed by atoms with Crippen molar-refractivity contribution in [2.24, 2.45) is 0 Å². The maximum Gasteiger partial charge on any atom is 0.331 e. The van der Waals surface area contributed by atoms with E-state index in [1.165, 1.54) is 18.2 Å². The van der Waals surface area contributed by atoms with E-state index >= 15 is 0 Å². The van der Waals surface area contributed by atoms with Gasteiger partial charge in [0.2, 0.25) is 5.43 Å². The van der Waals surface area contributed by atoms with E-state index < -0.39 is 24.1 Å². The molecule has 1 saturated heterocycles. The smallest absolute Gasteiger partial charge is 0.331 e. The van der Waals surface area contributed by atoms with Crippen LogP contribution in [0.15, 0.2) is 57.7 Å². The molecular weight excluding hydrogens is 424 g/mol. The average molecular weight is 446 g/mol. The molecule has 0 bridgehead atoms. The Labute approximate surface area is 189 Å². The Bertz CT molecular complexity index is 1340. The number of ether oxygens (including phenoxy) is 1. The second-order valence-corrected chi connectivity index (χ2v) is 8.47. The molecule has 3 aromatic rings. The Morgan fingerprint density at radius 2 is 1.82 bits per heavy atom. The third-order valence-electron chi connectivity index (χ3n) is 6.32. The van der Waals surface area contributed by atoms with Crippen LogP contribution >= 0.6 is 0 Å². The average Bonchev–Trinajstić information content (AvgIpc) is 3.35. The van der Waals surface area contributed by atoms with Crippen LogP contribution in [0.5, 0.6) is 5.75 Å². The van der Waals surface area contributed by atoms with E-state index in [1.807, 2.05) is 30.3 Å². The number of nitrogens with one attached hydrogen (secondary N) is 1. The molecule has 168 valence electrons. The van der Waals surface area contributed by atoms with Crippen molar-refractivity contribution in [2.45, 2.75) is 38.1 Å². The maximum absolute atomic E-state index is 13.1. The van der Waals surface area contributed by atoms with Gasteiger partial charge in [-0.25, -0.2) is 9.59 Å². The summed E-state index contributed by atoms with van der Waals surface area (Å²) in [6, 6.07) is 13.2. The fourth-order valence-electron chi connectivity index (χ4n) is 4.72. The lowest BCUT2D eigenvalue weighted by molar-refractivity contribution is -0.140. The minimum absolute atomic E-state index is 0.158. The number of hydrogen-bond donors (Lipinski definition) is 1. The van der Waals surface area contributed by atoms with E-state index in [2.05, 4.69) is 5.32 Å². The maximum atomic E-state index is 13.1. The zero-order valence-electron chi connectivity index (χ0n) is 18.1. The first kappa shape index (κ1) is 20.9. The first-order valence-corrected chi connectivity index (χ1v) is 10.9. The van der Waals surface area contributed by atoms with Crippen LogP contribution in [-0.4, -0.2) is 34.9 Å². The monoisotopic (exact) mass is 446 g/mol. The van der Waals surface area contributed by atoms with Crippen molar-refractivity contribution in [2.75, 3.05) is 6.54 Å². The Balaban J connectivity index is 1.36. The molecule has 8 heteroatoms. The Morgan fingerprint density at radius 1 is 1.09 bits per heavy atom. The molecule has 0 radical (unpaired) electrons. The van der Waals surface area contributed by atoms with Gasteiger partial charge in [0.1, 0.15) is 29.2 Å². The standard InChI is InChI=1S/C25H22N2O6/c1-15-21(16-7-3-2-4-8-16)22(29)18-10-9-17(13-19(18)32-15)33-20(28)14-27-23(30)25(26-24(27)31)11-5-6-12-25/h2-4,7-10,13H,5-6,11-12,14H2,1H3,(H,26,31). The van der Waals surface area contributed by atoms with Crippen LogP contribution in [0, 0.1) is 6.92 Å². The molecule has 2 aliphatic rings. The van der Waals surface area contributed by atoms with Crippen molar-refractivity contribution in [3.8, 4) is 16.9 Å². The minimum Gasteiger partial charge on any atom is -0.460 e. The zero-order chi connectivity index (χ0) is 23.2. The van der Waals surface area contributed by atoms with Crippen molar-refractivity contribution >= 4 is 28.9 Å². The number of fused-ring (bicyclic) bond motifs is 1. The van der Waals surface area contributed by atoms with Crippen LogP contribution in [0.1, 0.15) is 31.4 Å². The molecule has 3 amide bonds. The number of carbonyl (C=O) groups excluding carboxylic acids is 3. The number of imide groups is 1. The van der Waals surface area contributed by atoms with Gasteiger partial charge in [0, 0.05) is 6.07 Å². The third-order valence-corrected chi connectivity index (χ3v) is 6.32. The molecule has 1 aromatic heterocycles. The number of amides is 3. The number of rotatable bonds is 4. The predicted molar refractivity (Wildman–Crippen MR) is 120 cm³/mol. The summed E-state index contributed by atoms with van der Waals surface area (Å²) in [5.74, 6) is -0.531. The van der Waals surface area contributed by atoms with Gasteiger partial charge in [-0.3, -0.25) is 14.5 Å². The highest BCUT2D eigenvalue weighted by molar-refractivity contribution is 6.09. The molecular formula is C25H22N2O6. The van der Waals surface area contributed by atoms with Crippen LogP contribution < -0.4 is 15.5 Å². The normalized spacial score (nSPS) is 17.1. The number of urea groups is 1. The van der Waals surface area contributed by atoms with Crippen LogP contribution in [-0.2, 0) is 9.59 Å². The number of carbonyl (C=O) groups is 3. The van der Waals surface area contributed by atoms with Crippen LogP contribution in [0.2, 0.25) is 0 Å². The molecule has 1 aliphatic heterocycles. The van der Waals surface area contributed by atoms with Gasteiger partial charge >= 0.3 is 12.0 Å². The highest BCUT2D eigenvalue weighted by Crippen LogP contribution is 2.35. The molecule has 2 fully saturated rings. The summed E-state index contributed by atoms with van der Waals surface area (Å²) in [6.07, 6.45) is 2.88. The van der Waals surface area contributed by atoms with Crippen LogP contribution in [0.25, 0.3) is 22.1 Å². The highest BCUT2D eigenvalue weighted by atomic mass is 16.5. The summed E-state index contributed by atoms with van der Waals surface area (Å²) in [4.78, 5) is 51.4. The molecule has 1 spiro atoms. The lowest BCUT2D eigenvalue weighted by atomic mass is 9.98. The molecule has 5 rings (SSSR count). The molecule has 1 N–H and O–H groups in total. The first-order valence-electron chi connectivity index (χ1n) is 10.9. The molecule has 0 unspecified atom stereocenters. The second kappa shape index (κ2) is 7.88. The van der Waals surface area contributed by atoms with Gasteiger partial charge in [0.05, 0.1) is 10.9 Å².